The molecule has 0 spiro atoms. The molecule has 1 aromatic carbocycles. The number of carbonyl (C=O) groups excluding carboxylic acids is 1. The summed E-state index contributed by atoms with van der Waals surface area (Å²) in [5.74, 6) is -1.91. The summed E-state index contributed by atoms with van der Waals surface area (Å²) in [5, 5.41) is 3.98. The molecule has 176 valence electrons. The molecule has 1 aliphatic carbocycles. The molecule has 2 aromatic heterocycles. The van der Waals surface area contributed by atoms with Crippen molar-refractivity contribution in [3.05, 3.63) is 93.6 Å². The van der Waals surface area contributed by atoms with Crippen LogP contribution in [0.15, 0.2) is 71.1 Å². The fourth-order valence-electron chi connectivity index (χ4n) is 4.28. The van der Waals surface area contributed by atoms with E-state index in [2.05, 4.69) is 5.10 Å². The lowest BCUT2D eigenvalue weighted by atomic mass is 9.92. The van der Waals surface area contributed by atoms with Crippen molar-refractivity contribution in [3.8, 4) is 0 Å². The number of rotatable bonds is 5. The maximum atomic E-state index is 15.7. The number of carbonyl (C=O) groups is 1. The number of benzene rings is 1. The second-order valence-corrected chi connectivity index (χ2v) is 7.85. The lowest BCUT2D eigenvalue weighted by molar-refractivity contribution is 0.0381. The fraction of sp³-hybridized carbons (Fsp3) is 0.261. The first-order valence-electron chi connectivity index (χ1n) is 10.5. The normalized spacial score (nSPS) is 20.7. The molecule has 3 heterocycles. The third-order valence-electron chi connectivity index (χ3n) is 5.82. The van der Waals surface area contributed by atoms with Gasteiger partial charge in [-0.25, -0.2) is 17.7 Å². The molecule has 0 saturated heterocycles. The maximum absolute atomic E-state index is 15.7. The van der Waals surface area contributed by atoms with Gasteiger partial charge in [0.05, 0.1) is 11.6 Å². The van der Waals surface area contributed by atoms with Crippen molar-refractivity contribution in [2.75, 3.05) is 13.2 Å². The number of amides is 1. The molecule has 1 aliphatic heterocycles. The summed E-state index contributed by atoms with van der Waals surface area (Å²) < 4.78 is 57.4. The van der Waals surface area contributed by atoms with Gasteiger partial charge in [0.2, 0.25) is 0 Å². The predicted molar refractivity (Wildman–Crippen MR) is 114 cm³/mol. The minimum Gasteiger partial charge on any atom is -0.487 e. The van der Waals surface area contributed by atoms with Gasteiger partial charge in [-0.1, -0.05) is 36.4 Å². The van der Waals surface area contributed by atoms with E-state index in [4.69, 9.17) is 15.2 Å². The minimum atomic E-state index is -3.01. The first-order valence-corrected chi connectivity index (χ1v) is 10.5. The molecule has 3 atom stereocenters. The van der Waals surface area contributed by atoms with Gasteiger partial charge in [-0.05, 0) is 11.6 Å². The van der Waals surface area contributed by atoms with E-state index in [1.807, 2.05) is 0 Å². The van der Waals surface area contributed by atoms with Gasteiger partial charge in [0, 0.05) is 12.3 Å². The van der Waals surface area contributed by atoms with Crippen molar-refractivity contribution in [3.63, 3.8) is 0 Å². The number of aromatic nitrogens is 3. The minimum absolute atomic E-state index is 0.0653. The highest BCUT2D eigenvalue weighted by molar-refractivity contribution is 5.92. The molecule has 0 saturated carbocycles. The molecule has 0 radical (unpaired) electrons. The third-order valence-corrected chi connectivity index (χ3v) is 5.82. The van der Waals surface area contributed by atoms with Crippen molar-refractivity contribution in [1.29, 1.82) is 0 Å². The van der Waals surface area contributed by atoms with Crippen LogP contribution in [0, 0.1) is 0 Å². The number of ether oxygens (including phenoxy) is 2. The largest absolute Gasteiger partial charge is 0.487 e. The Morgan fingerprint density at radius 2 is 1.91 bits per heavy atom. The van der Waals surface area contributed by atoms with Crippen molar-refractivity contribution < 1.29 is 27.4 Å². The SMILES string of the molecule is NC(=O)c1cc2c(=O)n(C(c3ccccc3)C(F)F)c(C3C=CC4=C(OCCO4)C3F)cn2n1. The Labute approximate surface area is 190 Å². The number of allylic oxidation sites excluding steroid dienone is 3. The van der Waals surface area contributed by atoms with E-state index in [1.165, 1.54) is 30.5 Å². The number of alkyl halides is 3. The standard InChI is InChI=1S/C23H19F3N4O4/c24-18-13(6-7-17-20(18)34-9-8-33-17)16-11-29-15(10-14(28-29)22(27)31)23(32)30(16)19(21(25)26)12-4-2-1-3-5-12/h1-7,10-11,13,18-19,21H,8-9H2,(H2,27,31). The van der Waals surface area contributed by atoms with Crippen molar-refractivity contribution in [1.82, 2.24) is 14.2 Å². The monoisotopic (exact) mass is 472 g/mol. The van der Waals surface area contributed by atoms with E-state index in [-0.39, 0.29) is 47.2 Å². The third kappa shape index (κ3) is 3.53. The molecular formula is C23H19F3N4O4. The van der Waals surface area contributed by atoms with Gasteiger partial charge in [-0.2, -0.15) is 5.10 Å². The molecule has 11 heteroatoms. The Bertz CT molecular complexity index is 1380. The lowest BCUT2D eigenvalue weighted by Gasteiger charge is -2.32. The number of nitrogens with two attached hydrogens (primary N) is 1. The molecular weight excluding hydrogens is 453 g/mol. The van der Waals surface area contributed by atoms with Gasteiger partial charge < -0.3 is 15.2 Å². The van der Waals surface area contributed by atoms with E-state index < -0.39 is 36.0 Å². The molecule has 2 N–H and O–H groups in total. The summed E-state index contributed by atoms with van der Waals surface area (Å²) in [6.07, 6.45) is -0.621. The Morgan fingerprint density at radius 3 is 2.62 bits per heavy atom. The Balaban J connectivity index is 1.76. The average molecular weight is 472 g/mol. The molecule has 3 unspecified atom stereocenters. The highest BCUT2D eigenvalue weighted by Gasteiger charge is 2.38. The average Bonchev–Trinajstić information content (AvgIpc) is 3.27. The topological polar surface area (TPSA) is 101 Å². The molecule has 0 bridgehead atoms. The lowest BCUT2D eigenvalue weighted by Crippen LogP contribution is -2.37. The van der Waals surface area contributed by atoms with Crippen LogP contribution in [0.1, 0.15) is 33.7 Å². The first kappa shape index (κ1) is 21.8. The summed E-state index contributed by atoms with van der Waals surface area (Å²) in [7, 11) is 0. The molecule has 8 nitrogen and oxygen atoms in total. The Hall–Kier alpha value is -4.02. The molecule has 0 fully saturated rings. The zero-order chi connectivity index (χ0) is 24.0. The van der Waals surface area contributed by atoms with Gasteiger partial charge in [0.1, 0.15) is 24.8 Å². The highest BCUT2D eigenvalue weighted by atomic mass is 19.3. The van der Waals surface area contributed by atoms with Crippen LogP contribution in [-0.4, -0.2) is 45.9 Å². The summed E-state index contributed by atoms with van der Waals surface area (Å²) in [5.41, 5.74) is 4.14. The van der Waals surface area contributed by atoms with E-state index in [1.54, 1.807) is 18.2 Å². The van der Waals surface area contributed by atoms with Crippen molar-refractivity contribution in [2.45, 2.75) is 24.6 Å². The molecule has 2 aliphatic rings. The first-order chi connectivity index (χ1) is 16.4. The van der Waals surface area contributed by atoms with E-state index in [9.17, 15) is 18.4 Å². The van der Waals surface area contributed by atoms with Crippen LogP contribution in [0.2, 0.25) is 0 Å². The summed E-state index contributed by atoms with van der Waals surface area (Å²) in [6, 6.07) is 7.13. The van der Waals surface area contributed by atoms with Crippen molar-refractivity contribution in [2.24, 2.45) is 5.73 Å². The number of hydrogen-bond donors (Lipinski definition) is 1. The summed E-state index contributed by atoms with van der Waals surface area (Å²) >= 11 is 0. The number of primary amides is 1. The van der Waals surface area contributed by atoms with Crippen LogP contribution in [0.25, 0.3) is 5.52 Å². The van der Waals surface area contributed by atoms with Crippen LogP contribution in [0.3, 0.4) is 0 Å². The van der Waals surface area contributed by atoms with Crippen LogP contribution in [0.4, 0.5) is 13.2 Å². The van der Waals surface area contributed by atoms with E-state index >= 15 is 4.39 Å². The second-order valence-electron chi connectivity index (χ2n) is 7.85. The number of halogens is 3. The zero-order valence-electron chi connectivity index (χ0n) is 17.6. The second kappa shape index (κ2) is 8.40. The summed E-state index contributed by atoms with van der Waals surface area (Å²) in [6.45, 7) is 0.387. The predicted octanol–water partition coefficient (Wildman–Crippen LogP) is 2.70. The highest BCUT2D eigenvalue weighted by Crippen LogP contribution is 2.38. The molecule has 3 aromatic rings. The van der Waals surface area contributed by atoms with Crippen LogP contribution >= 0.6 is 0 Å². The number of nitrogens with zero attached hydrogens (tertiary/aromatic N) is 3. The van der Waals surface area contributed by atoms with Gasteiger partial charge in [0.25, 0.3) is 17.9 Å². The van der Waals surface area contributed by atoms with Gasteiger partial charge in [0.15, 0.2) is 23.4 Å². The molecule has 5 rings (SSSR count). The summed E-state index contributed by atoms with van der Waals surface area (Å²) in [4.78, 5) is 25.2. The smallest absolute Gasteiger partial charge is 0.277 e. The number of hydrogen-bond acceptors (Lipinski definition) is 5. The van der Waals surface area contributed by atoms with E-state index in [0.717, 1.165) is 15.1 Å². The van der Waals surface area contributed by atoms with Crippen LogP contribution in [0.5, 0.6) is 0 Å². The van der Waals surface area contributed by atoms with Crippen molar-refractivity contribution >= 4 is 11.4 Å². The Kier molecular flexibility index (Phi) is 5.39. The number of fused-ring (bicyclic) bond motifs is 1. The van der Waals surface area contributed by atoms with Crippen LogP contribution < -0.4 is 11.3 Å². The maximum Gasteiger partial charge on any atom is 0.277 e. The molecule has 1 amide bonds. The van der Waals surface area contributed by atoms with Gasteiger partial charge in [-0.15, -0.1) is 0 Å². The van der Waals surface area contributed by atoms with Gasteiger partial charge >= 0.3 is 0 Å². The molecule has 34 heavy (non-hydrogen) atoms. The van der Waals surface area contributed by atoms with Crippen LogP contribution in [-0.2, 0) is 9.47 Å². The fourth-order valence-corrected chi connectivity index (χ4v) is 4.28. The van der Waals surface area contributed by atoms with E-state index in [0.29, 0.717) is 0 Å². The van der Waals surface area contributed by atoms with Gasteiger partial charge in [-0.3, -0.25) is 14.2 Å². The Morgan fingerprint density at radius 1 is 1.18 bits per heavy atom. The zero-order valence-corrected chi connectivity index (χ0v) is 17.6. The quantitative estimate of drug-likeness (QED) is 0.616.